The van der Waals surface area contributed by atoms with E-state index in [1.807, 2.05) is 19.9 Å². The summed E-state index contributed by atoms with van der Waals surface area (Å²) in [6.45, 7) is 12.4. The molecule has 0 atom stereocenters. The van der Waals surface area contributed by atoms with Crippen molar-refractivity contribution in [1.29, 1.82) is 0 Å². The molecule has 0 aliphatic carbocycles. The maximum Gasteiger partial charge on any atom is 0.146 e. The summed E-state index contributed by atoms with van der Waals surface area (Å²) in [4.78, 5) is 34.0. The summed E-state index contributed by atoms with van der Waals surface area (Å²) in [5.41, 5.74) is 5.00. The van der Waals surface area contributed by atoms with Gasteiger partial charge in [0, 0.05) is 11.1 Å². The van der Waals surface area contributed by atoms with Crippen molar-refractivity contribution < 1.29 is 0 Å². The number of hydrogen-bond acceptors (Lipinski definition) is 7. The van der Waals surface area contributed by atoms with Crippen molar-refractivity contribution in [1.82, 2.24) is 0 Å². The summed E-state index contributed by atoms with van der Waals surface area (Å²) in [5, 5.41) is 14.8. The van der Waals surface area contributed by atoms with Crippen LogP contribution in [0, 0.1) is 0 Å². The van der Waals surface area contributed by atoms with Crippen molar-refractivity contribution in [2.75, 3.05) is 4.90 Å². The van der Waals surface area contributed by atoms with Gasteiger partial charge < -0.3 is 4.90 Å². The fourth-order valence-electron chi connectivity index (χ4n) is 9.66. The second-order valence-corrected chi connectivity index (χ2v) is 18.3. The van der Waals surface area contributed by atoms with E-state index in [0.717, 1.165) is 71.5 Å². The summed E-state index contributed by atoms with van der Waals surface area (Å²) in [7, 11) is 0. The molecule has 9 aromatic carbocycles. The van der Waals surface area contributed by atoms with Crippen molar-refractivity contribution in [3.05, 3.63) is 184 Å². The van der Waals surface area contributed by atoms with Gasteiger partial charge in [0.25, 0.3) is 0 Å². The molecule has 0 unspecified atom stereocenters. The number of hydrogen-bond donors (Lipinski definition) is 0. The first-order valence-corrected chi connectivity index (χ1v) is 21.4. The van der Waals surface area contributed by atoms with Crippen molar-refractivity contribution in [2.45, 2.75) is 58.5 Å². The molecule has 3 aliphatic heterocycles. The second-order valence-electron chi connectivity index (χ2n) is 18.3. The van der Waals surface area contributed by atoms with Crippen LogP contribution in [0.25, 0.3) is 65.3 Å². The minimum absolute atomic E-state index is 0.603. The zero-order valence-electron chi connectivity index (χ0n) is 35.6. The Bertz CT molecular complexity index is 3650. The highest BCUT2D eigenvalue weighted by atomic mass is 15.2. The summed E-state index contributed by atoms with van der Waals surface area (Å²) in [6.07, 6.45) is 0. The molecule has 62 heavy (non-hydrogen) atoms. The van der Waals surface area contributed by atoms with Gasteiger partial charge in [-0.05, 0) is 169 Å². The van der Waals surface area contributed by atoms with Gasteiger partial charge in [-0.25, -0.2) is 0 Å². The molecule has 0 aromatic heterocycles. The molecule has 0 fully saturated rings. The van der Waals surface area contributed by atoms with Crippen LogP contribution >= 0.6 is 0 Å². The second kappa shape index (κ2) is 12.8. The van der Waals surface area contributed by atoms with Crippen LogP contribution in [0.1, 0.15) is 41.5 Å². The lowest BCUT2D eigenvalue weighted by molar-refractivity contribution is 0.549. The van der Waals surface area contributed by atoms with Crippen LogP contribution in [0.15, 0.2) is 182 Å². The molecule has 9 aromatic rings. The van der Waals surface area contributed by atoms with E-state index in [1.165, 1.54) is 43.1 Å². The fourth-order valence-corrected chi connectivity index (χ4v) is 9.66. The molecule has 0 radical (unpaired) electrons. The number of para-hydroxylation sites is 1. The average molecular weight is 802 g/mol. The molecule has 0 saturated heterocycles. The molecule has 3 heterocycles. The first-order valence-electron chi connectivity index (χ1n) is 21.4. The molecule has 3 aliphatic rings. The van der Waals surface area contributed by atoms with Gasteiger partial charge in [0.05, 0.1) is 33.1 Å². The van der Waals surface area contributed by atoms with E-state index in [0.29, 0.717) is 0 Å². The topological polar surface area (TPSA) is 77.4 Å². The van der Waals surface area contributed by atoms with Gasteiger partial charge in [-0.15, -0.1) is 0 Å². The lowest BCUT2D eigenvalue weighted by Crippen LogP contribution is -2.38. The zero-order chi connectivity index (χ0) is 42.1. The van der Waals surface area contributed by atoms with E-state index in [2.05, 4.69) is 178 Å². The van der Waals surface area contributed by atoms with Gasteiger partial charge in [-0.1, -0.05) is 78.9 Å². The third-order valence-electron chi connectivity index (χ3n) is 12.3. The Kier molecular flexibility index (Phi) is 7.54. The van der Waals surface area contributed by atoms with Crippen LogP contribution in [-0.2, 0) is 0 Å². The van der Waals surface area contributed by atoms with E-state index >= 15 is 0 Å². The Morgan fingerprint density at radius 2 is 0.694 bits per heavy atom. The van der Waals surface area contributed by atoms with Crippen LogP contribution in [0.3, 0.4) is 0 Å². The van der Waals surface area contributed by atoms with Crippen molar-refractivity contribution >= 4 is 60.2 Å². The first kappa shape index (κ1) is 36.5. The number of fused-ring (bicyclic) bond motifs is 7. The Labute approximate surface area is 358 Å². The van der Waals surface area contributed by atoms with Crippen molar-refractivity contribution in [2.24, 2.45) is 30.0 Å². The first-order chi connectivity index (χ1) is 29.9. The predicted molar refractivity (Wildman–Crippen MR) is 251 cm³/mol. The van der Waals surface area contributed by atoms with E-state index in [9.17, 15) is 0 Å². The van der Waals surface area contributed by atoms with Gasteiger partial charge in [0.1, 0.15) is 33.1 Å². The molecule has 0 bridgehead atoms. The predicted octanol–water partition coefficient (Wildman–Crippen LogP) is 10.1. The summed E-state index contributed by atoms with van der Waals surface area (Å²) < 4.78 is 0. The van der Waals surface area contributed by atoms with Crippen LogP contribution in [0.5, 0.6) is 0 Å². The third kappa shape index (κ3) is 5.86. The number of nitrogens with zero attached hydrogens (tertiary/aromatic N) is 7. The Balaban J connectivity index is 1.10. The standard InChI is InChI=1S/C55H43N7/c1-53(2)56-44-16-11-17-45(50(44)59-53)62(46-24-22-42(48-51(46)60-54(3,4)57-48)38-20-18-36-26-32-12-7-9-14-34(32)28-40(36)30-38)47-25-23-43(49-52(47)61-55(5,6)58-49)39-21-19-37-27-33-13-8-10-15-35(33)29-41(37)31-39/h7-31H,1-6H3. The zero-order valence-corrected chi connectivity index (χ0v) is 35.6. The SMILES string of the molecule is CC1(C)N=c2cccc(N(c3ccc(-c4ccc5cc6ccccc6cc5c4)c4c3=NC(C)(C)N=4)c3ccc(-c4ccc5cc6ccccc6cc5c4)c4c3=NC(C)(C)N=4)c2=N1. The lowest BCUT2D eigenvalue weighted by atomic mass is 9.97. The van der Waals surface area contributed by atoms with Crippen LogP contribution in [0.2, 0.25) is 0 Å². The largest absolute Gasteiger partial charge is 0.304 e. The highest BCUT2D eigenvalue weighted by Gasteiger charge is 2.31. The summed E-state index contributed by atoms with van der Waals surface area (Å²) >= 11 is 0. The van der Waals surface area contributed by atoms with Gasteiger partial charge in [-0.3, -0.25) is 30.0 Å². The molecular formula is C55H43N7. The third-order valence-corrected chi connectivity index (χ3v) is 12.3. The molecule has 298 valence electrons. The Morgan fingerprint density at radius 3 is 1.18 bits per heavy atom. The van der Waals surface area contributed by atoms with E-state index in [-0.39, 0.29) is 0 Å². The highest BCUT2D eigenvalue weighted by molar-refractivity contribution is 6.01. The minimum Gasteiger partial charge on any atom is -0.304 e. The fraction of sp³-hybridized carbons (Fsp3) is 0.164. The smallest absolute Gasteiger partial charge is 0.146 e. The number of benzene rings is 9. The molecule has 7 heteroatoms. The molecule has 0 spiro atoms. The van der Waals surface area contributed by atoms with Gasteiger partial charge >= 0.3 is 0 Å². The van der Waals surface area contributed by atoms with Crippen LogP contribution in [0.4, 0.5) is 17.1 Å². The lowest BCUT2D eigenvalue weighted by Gasteiger charge is -2.26. The van der Waals surface area contributed by atoms with Crippen LogP contribution in [-0.4, -0.2) is 17.0 Å². The maximum atomic E-state index is 5.39. The number of anilines is 3. The minimum atomic E-state index is -0.679. The molecule has 0 amide bonds. The normalized spacial score (nSPS) is 16.1. The summed E-state index contributed by atoms with van der Waals surface area (Å²) in [6, 6.07) is 54.6. The quantitative estimate of drug-likeness (QED) is 0.160. The van der Waals surface area contributed by atoms with Gasteiger partial charge in [0.2, 0.25) is 0 Å². The van der Waals surface area contributed by atoms with Crippen molar-refractivity contribution in [3.8, 4) is 22.3 Å². The molecule has 0 saturated carbocycles. The molecule has 7 nitrogen and oxygen atoms in total. The van der Waals surface area contributed by atoms with E-state index in [4.69, 9.17) is 30.0 Å². The monoisotopic (exact) mass is 801 g/mol. The van der Waals surface area contributed by atoms with E-state index in [1.54, 1.807) is 0 Å². The highest BCUT2D eigenvalue weighted by Crippen LogP contribution is 2.35. The van der Waals surface area contributed by atoms with Gasteiger partial charge in [-0.2, -0.15) is 0 Å². The van der Waals surface area contributed by atoms with Crippen molar-refractivity contribution in [3.63, 3.8) is 0 Å². The Hall–Kier alpha value is -7.38. The molecular weight excluding hydrogens is 759 g/mol. The Morgan fingerprint density at radius 1 is 0.306 bits per heavy atom. The van der Waals surface area contributed by atoms with Crippen LogP contribution < -0.4 is 37.0 Å². The van der Waals surface area contributed by atoms with Gasteiger partial charge in [0.15, 0.2) is 0 Å². The molecule has 12 rings (SSSR count). The van der Waals surface area contributed by atoms with E-state index < -0.39 is 17.0 Å². The summed E-state index contributed by atoms with van der Waals surface area (Å²) in [5.74, 6) is 0. The molecule has 0 N–H and O–H groups in total. The number of rotatable bonds is 5. The average Bonchev–Trinajstić information content (AvgIpc) is 3.88. The maximum absolute atomic E-state index is 5.39.